The number of hydrogen-bond donors (Lipinski definition) is 1. The summed E-state index contributed by atoms with van der Waals surface area (Å²) in [5, 5.41) is 9.63. The van der Waals surface area contributed by atoms with Crippen LogP contribution in [0.4, 0.5) is 0 Å². The first kappa shape index (κ1) is 22.1. The van der Waals surface area contributed by atoms with E-state index in [1.54, 1.807) is 12.3 Å². The number of amides is 1. The summed E-state index contributed by atoms with van der Waals surface area (Å²) in [5.74, 6) is -0.481. The summed E-state index contributed by atoms with van der Waals surface area (Å²) in [6, 6.07) is 24.4. The van der Waals surface area contributed by atoms with E-state index in [0.717, 1.165) is 11.1 Å². The van der Waals surface area contributed by atoms with E-state index in [1.807, 2.05) is 78.9 Å². The highest BCUT2D eigenvalue weighted by Crippen LogP contribution is 2.44. The maximum Gasteiger partial charge on any atom is 0.356 e. The Balaban J connectivity index is 1.45. The number of aliphatic hydroxyl groups is 1. The second-order valence-corrected chi connectivity index (χ2v) is 8.98. The molecule has 2 aromatic carbocycles. The number of β-lactam (4-membered cyclic amide) rings is 1. The molecule has 1 amide bonds. The van der Waals surface area contributed by atoms with Gasteiger partial charge in [-0.15, -0.1) is 11.8 Å². The standard InChI is InChI=1S/C27H22N2O4S/c30-16-20-17-34-26-22(15-21-13-7-8-14-28-21)25(31)29(26)23(20)27(32)33-24(18-9-3-1-4-10-18)19-11-5-2-6-12-19/h1-15,24,26,30H,16-17H2/b22-15-/t26-/m1/s1. The van der Waals surface area contributed by atoms with Gasteiger partial charge in [0.05, 0.1) is 17.9 Å². The molecule has 5 rings (SSSR count). The average Bonchev–Trinajstić information content (AvgIpc) is 2.90. The predicted octanol–water partition coefficient (Wildman–Crippen LogP) is 3.96. The van der Waals surface area contributed by atoms with Gasteiger partial charge in [0.15, 0.2) is 6.10 Å². The van der Waals surface area contributed by atoms with E-state index in [-0.39, 0.29) is 23.6 Å². The Kier molecular flexibility index (Phi) is 6.29. The van der Waals surface area contributed by atoms with Crippen molar-refractivity contribution in [1.82, 2.24) is 9.88 Å². The minimum atomic E-state index is -0.643. The van der Waals surface area contributed by atoms with Crippen molar-refractivity contribution in [2.45, 2.75) is 11.5 Å². The number of carbonyl (C=O) groups excluding carboxylic acids is 2. The molecule has 1 aromatic heterocycles. The number of pyridine rings is 1. The molecule has 1 saturated heterocycles. The van der Waals surface area contributed by atoms with Crippen molar-refractivity contribution >= 4 is 29.7 Å². The fourth-order valence-corrected chi connectivity index (χ4v) is 5.38. The normalized spacial score (nSPS) is 18.6. The molecule has 34 heavy (non-hydrogen) atoms. The first-order chi connectivity index (χ1) is 16.7. The highest BCUT2D eigenvalue weighted by Gasteiger charge is 2.50. The van der Waals surface area contributed by atoms with Crippen LogP contribution in [0.3, 0.4) is 0 Å². The summed E-state index contributed by atoms with van der Waals surface area (Å²) >= 11 is 1.49. The number of ether oxygens (including phenoxy) is 1. The summed E-state index contributed by atoms with van der Waals surface area (Å²) in [5.41, 5.74) is 3.51. The zero-order valence-electron chi connectivity index (χ0n) is 18.2. The Morgan fingerprint density at radius 1 is 1.06 bits per heavy atom. The molecule has 2 aliphatic heterocycles. The number of aliphatic hydroxyl groups excluding tert-OH is 1. The zero-order chi connectivity index (χ0) is 23.5. The fourth-order valence-electron chi connectivity index (χ4n) is 4.09. The van der Waals surface area contributed by atoms with Gasteiger partial charge in [-0.1, -0.05) is 66.7 Å². The Morgan fingerprint density at radius 2 is 1.71 bits per heavy atom. The van der Waals surface area contributed by atoms with Gasteiger partial charge in [-0.05, 0) is 34.9 Å². The molecule has 0 unspecified atom stereocenters. The van der Waals surface area contributed by atoms with E-state index < -0.39 is 12.1 Å². The quantitative estimate of drug-likeness (QED) is 0.334. The maximum absolute atomic E-state index is 13.5. The van der Waals surface area contributed by atoms with E-state index in [0.29, 0.717) is 22.6 Å². The lowest BCUT2D eigenvalue weighted by molar-refractivity contribution is -0.149. The number of nitrogens with zero attached hydrogens (tertiary/aromatic N) is 2. The van der Waals surface area contributed by atoms with Crippen molar-refractivity contribution in [2.75, 3.05) is 12.4 Å². The molecule has 0 aliphatic carbocycles. The van der Waals surface area contributed by atoms with Crippen LogP contribution < -0.4 is 0 Å². The maximum atomic E-state index is 13.5. The molecular formula is C27H22N2O4S. The van der Waals surface area contributed by atoms with Gasteiger partial charge in [-0.2, -0.15) is 0 Å². The number of rotatable bonds is 6. The van der Waals surface area contributed by atoms with Gasteiger partial charge in [0.2, 0.25) is 0 Å². The minimum absolute atomic E-state index is 0.131. The summed E-state index contributed by atoms with van der Waals surface area (Å²) in [7, 11) is 0. The highest BCUT2D eigenvalue weighted by atomic mass is 32.2. The van der Waals surface area contributed by atoms with Gasteiger partial charge >= 0.3 is 5.97 Å². The van der Waals surface area contributed by atoms with Crippen LogP contribution in [0.25, 0.3) is 6.08 Å². The van der Waals surface area contributed by atoms with Crippen LogP contribution in [0.5, 0.6) is 0 Å². The van der Waals surface area contributed by atoms with Crippen molar-refractivity contribution < 1.29 is 19.4 Å². The Labute approximate surface area is 201 Å². The molecule has 7 heteroatoms. The van der Waals surface area contributed by atoms with Crippen LogP contribution in [0.15, 0.2) is 102 Å². The fraction of sp³-hybridized carbons (Fsp3) is 0.148. The van der Waals surface area contributed by atoms with Crippen LogP contribution in [-0.2, 0) is 14.3 Å². The van der Waals surface area contributed by atoms with Crippen molar-refractivity contribution in [3.05, 3.63) is 119 Å². The number of thioether (sulfide) groups is 1. The van der Waals surface area contributed by atoms with Gasteiger partial charge in [0.25, 0.3) is 5.91 Å². The van der Waals surface area contributed by atoms with Gasteiger partial charge in [-0.25, -0.2) is 4.79 Å². The van der Waals surface area contributed by atoms with Gasteiger partial charge in [0, 0.05) is 11.9 Å². The molecule has 0 radical (unpaired) electrons. The summed E-state index contributed by atoms with van der Waals surface area (Å²) in [6.45, 7) is -0.325. The van der Waals surface area contributed by atoms with Crippen molar-refractivity contribution in [1.29, 1.82) is 0 Å². The van der Waals surface area contributed by atoms with E-state index in [4.69, 9.17) is 4.74 Å². The molecule has 1 N–H and O–H groups in total. The molecule has 0 bridgehead atoms. The van der Waals surface area contributed by atoms with E-state index in [2.05, 4.69) is 4.98 Å². The van der Waals surface area contributed by atoms with Crippen LogP contribution in [-0.4, -0.2) is 44.6 Å². The Hall–Kier alpha value is -3.68. The van der Waals surface area contributed by atoms with Crippen LogP contribution in [0.2, 0.25) is 0 Å². The van der Waals surface area contributed by atoms with Crippen molar-refractivity contribution in [3.8, 4) is 0 Å². The summed E-state index contributed by atoms with van der Waals surface area (Å²) < 4.78 is 6.01. The third-order valence-electron chi connectivity index (χ3n) is 5.76. The lowest BCUT2D eigenvalue weighted by Crippen LogP contribution is -2.56. The smallest absolute Gasteiger partial charge is 0.356 e. The first-order valence-corrected chi connectivity index (χ1v) is 11.9. The SMILES string of the molecule is O=C(OC(c1ccccc1)c1ccccc1)C1=C(CO)CS[C@@H]2/C(=C\c3ccccn3)C(=O)N12. The zero-order valence-corrected chi connectivity index (χ0v) is 19.0. The third kappa shape index (κ3) is 4.16. The molecule has 2 aliphatic rings. The predicted molar refractivity (Wildman–Crippen MR) is 130 cm³/mol. The van der Waals surface area contributed by atoms with Crippen LogP contribution in [0.1, 0.15) is 22.9 Å². The lowest BCUT2D eigenvalue weighted by atomic mass is 10.00. The van der Waals surface area contributed by atoms with Gasteiger partial charge in [-0.3, -0.25) is 14.7 Å². The summed E-state index contributed by atoms with van der Waals surface area (Å²) in [6.07, 6.45) is 2.77. The van der Waals surface area contributed by atoms with Crippen LogP contribution in [0, 0.1) is 0 Å². The second-order valence-electron chi connectivity index (χ2n) is 7.91. The number of carbonyl (C=O) groups is 2. The second kappa shape index (κ2) is 9.67. The first-order valence-electron chi connectivity index (χ1n) is 10.9. The van der Waals surface area contributed by atoms with Crippen molar-refractivity contribution in [2.24, 2.45) is 0 Å². The lowest BCUT2D eigenvalue weighted by Gasteiger charge is -2.46. The van der Waals surface area contributed by atoms with E-state index in [1.165, 1.54) is 16.7 Å². The number of benzene rings is 2. The van der Waals surface area contributed by atoms with Crippen molar-refractivity contribution in [3.63, 3.8) is 0 Å². The monoisotopic (exact) mass is 470 g/mol. The Bertz CT molecular complexity index is 1220. The highest BCUT2D eigenvalue weighted by molar-refractivity contribution is 8.00. The molecule has 0 saturated carbocycles. The molecule has 170 valence electrons. The summed E-state index contributed by atoms with van der Waals surface area (Å²) in [4.78, 5) is 32.3. The Morgan fingerprint density at radius 3 is 2.29 bits per heavy atom. The van der Waals surface area contributed by atoms with E-state index >= 15 is 0 Å². The largest absolute Gasteiger partial charge is 0.448 e. The molecule has 3 heterocycles. The number of aromatic nitrogens is 1. The molecular weight excluding hydrogens is 448 g/mol. The van der Waals surface area contributed by atoms with Gasteiger partial charge in [0.1, 0.15) is 11.1 Å². The molecule has 3 aromatic rings. The number of hydrogen-bond acceptors (Lipinski definition) is 6. The number of fused-ring (bicyclic) bond motifs is 1. The topological polar surface area (TPSA) is 79.7 Å². The molecule has 1 fully saturated rings. The minimum Gasteiger partial charge on any atom is -0.448 e. The molecule has 1 atom stereocenters. The van der Waals surface area contributed by atoms with Gasteiger partial charge < -0.3 is 9.84 Å². The van der Waals surface area contributed by atoms with Crippen LogP contribution >= 0.6 is 11.8 Å². The molecule has 6 nitrogen and oxygen atoms in total. The number of esters is 1. The average molecular weight is 471 g/mol. The third-order valence-corrected chi connectivity index (χ3v) is 7.06. The molecule has 0 spiro atoms. The van der Waals surface area contributed by atoms with E-state index in [9.17, 15) is 14.7 Å².